The molecule has 3 aliphatic rings. The molecule has 6 nitrogen and oxygen atoms in total. The Labute approximate surface area is 170 Å². The highest BCUT2D eigenvalue weighted by molar-refractivity contribution is 7.99. The average Bonchev–Trinajstić information content (AvgIpc) is 3.62. The van der Waals surface area contributed by atoms with Crippen LogP contribution in [0.15, 0.2) is 23.4 Å². The van der Waals surface area contributed by atoms with Gasteiger partial charge in [0.1, 0.15) is 5.82 Å². The third kappa shape index (κ3) is 3.77. The Kier molecular flexibility index (Phi) is 4.78. The monoisotopic (exact) mass is 397 g/mol. The number of nitrogens with one attached hydrogen (secondary N) is 1. The molecule has 0 spiro atoms. The van der Waals surface area contributed by atoms with Crippen LogP contribution in [0.3, 0.4) is 0 Å². The lowest BCUT2D eigenvalue weighted by Gasteiger charge is -2.19. The zero-order chi connectivity index (χ0) is 19.1. The Morgan fingerprint density at radius 1 is 1.18 bits per heavy atom. The van der Waals surface area contributed by atoms with Crippen LogP contribution in [0.4, 0.5) is 11.4 Å². The molecule has 3 fully saturated rings. The second-order valence-electron chi connectivity index (χ2n) is 8.25. The van der Waals surface area contributed by atoms with Crippen LogP contribution in [0.25, 0.3) is 0 Å². The summed E-state index contributed by atoms with van der Waals surface area (Å²) < 4.78 is 2.30. The Bertz CT molecular complexity index is 881. The highest BCUT2D eigenvalue weighted by Gasteiger charge is 2.36. The van der Waals surface area contributed by atoms with Crippen LogP contribution in [0, 0.1) is 6.92 Å². The van der Waals surface area contributed by atoms with Crippen molar-refractivity contribution in [3.63, 3.8) is 0 Å². The summed E-state index contributed by atoms with van der Waals surface area (Å²) in [6.45, 7) is 4.33. The molecule has 148 valence electrons. The molecule has 28 heavy (non-hydrogen) atoms. The van der Waals surface area contributed by atoms with E-state index in [1.165, 1.54) is 56.0 Å². The highest BCUT2D eigenvalue weighted by atomic mass is 32.2. The van der Waals surface area contributed by atoms with Crippen molar-refractivity contribution in [2.75, 3.05) is 29.1 Å². The maximum absolute atomic E-state index is 12.5. The van der Waals surface area contributed by atoms with Crippen LogP contribution in [0.2, 0.25) is 0 Å². The predicted molar refractivity (Wildman–Crippen MR) is 112 cm³/mol. The Hall–Kier alpha value is -2.02. The van der Waals surface area contributed by atoms with Crippen molar-refractivity contribution >= 4 is 29.0 Å². The number of anilines is 2. The van der Waals surface area contributed by atoms with Crippen LogP contribution in [0.1, 0.15) is 61.9 Å². The minimum atomic E-state index is 0.0142. The third-order valence-corrected chi connectivity index (χ3v) is 6.78. The van der Waals surface area contributed by atoms with Crippen LogP contribution in [0.5, 0.6) is 0 Å². The summed E-state index contributed by atoms with van der Waals surface area (Å²) in [5.41, 5.74) is 3.27. The van der Waals surface area contributed by atoms with Crippen molar-refractivity contribution in [3.8, 4) is 0 Å². The maximum Gasteiger partial charge on any atom is 0.234 e. The first kappa shape index (κ1) is 18.0. The Morgan fingerprint density at radius 3 is 2.64 bits per heavy atom. The Balaban J connectivity index is 1.21. The lowest BCUT2D eigenvalue weighted by Crippen LogP contribution is -2.18. The predicted octanol–water partition coefficient (Wildman–Crippen LogP) is 4.13. The van der Waals surface area contributed by atoms with E-state index in [2.05, 4.69) is 44.0 Å². The van der Waals surface area contributed by atoms with Gasteiger partial charge < -0.3 is 14.8 Å². The molecule has 1 aromatic carbocycles. The van der Waals surface area contributed by atoms with E-state index in [-0.39, 0.29) is 5.91 Å². The molecule has 2 heterocycles. The number of nitrogens with zero attached hydrogens (tertiary/aromatic N) is 4. The molecule has 2 aromatic rings. The van der Waals surface area contributed by atoms with Gasteiger partial charge in [0.15, 0.2) is 5.16 Å². The Morgan fingerprint density at radius 2 is 1.96 bits per heavy atom. The summed E-state index contributed by atoms with van der Waals surface area (Å²) in [5, 5.41) is 12.8. The van der Waals surface area contributed by atoms with Crippen LogP contribution >= 0.6 is 11.8 Å². The molecule has 5 rings (SSSR count). The first-order valence-corrected chi connectivity index (χ1v) is 11.4. The van der Waals surface area contributed by atoms with Crippen molar-refractivity contribution in [2.45, 2.75) is 62.6 Å². The first-order valence-electron chi connectivity index (χ1n) is 10.4. The molecule has 1 saturated heterocycles. The number of rotatable bonds is 7. The van der Waals surface area contributed by atoms with Gasteiger partial charge in [-0.3, -0.25) is 4.79 Å². The quantitative estimate of drug-likeness (QED) is 0.712. The van der Waals surface area contributed by atoms with Gasteiger partial charge in [-0.2, -0.15) is 0 Å². The highest BCUT2D eigenvalue weighted by Crippen LogP contribution is 2.46. The molecule has 0 atom stereocenters. The molecule has 0 bridgehead atoms. The van der Waals surface area contributed by atoms with E-state index in [0.717, 1.165) is 35.3 Å². The van der Waals surface area contributed by atoms with Gasteiger partial charge in [-0.05, 0) is 69.2 Å². The van der Waals surface area contributed by atoms with Crippen molar-refractivity contribution in [2.24, 2.45) is 0 Å². The molecule has 1 aromatic heterocycles. The number of amides is 1. The second-order valence-corrected chi connectivity index (χ2v) is 9.19. The number of carbonyl (C=O) groups is 1. The lowest BCUT2D eigenvalue weighted by atomic mass is 10.1. The van der Waals surface area contributed by atoms with Crippen LogP contribution in [-0.4, -0.2) is 39.5 Å². The number of aromatic nitrogens is 3. The van der Waals surface area contributed by atoms with E-state index in [0.29, 0.717) is 17.7 Å². The number of aryl methyl sites for hydroxylation is 1. The molecule has 1 amide bonds. The van der Waals surface area contributed by atoms with Gasteiger partial charge in [-0.25, -0.2) is 0 Å². The maximum atomic E-state index is 12.5. The standard InChI is InChI=1S/C21H27N5OS/c1-14-12-17(25-10-2-3-11-25)8-9-18(14)22-19(27)13-28-21-24-23-20(15-4-5-15)26(21)16-6-7-16/h8-9,12,15-16H,2-7,10-11,13H2,1H3,(H,22,27). The molecule has 1 aliphatic heterocycles. The van der Waals surface area contributed by atoms with Gasteiger partial charge in [-0.15, -0.1) is 10.2 Å². The van der Waals surface area contributed by atoms with E-state index < -0.39 is 0 Å². The normalized spacial score (nSPS) is 19.2. The van der Waals surface area contributed by atoms with Crippen LogP contribution < -0.4 is 10.2 Å². The molecular weight excluding hydrogens is 370 g/mol. The van der Waals surface area contributed by atoms with Crippen LogP contribution in [-0.2, 0) is 4.79 Å². The second kappa shape index (κ2) is 7.43. The fourth-order valence-electron chi connectivity index (χ4n) is 3.96. The lowest BCUT2D eigenvalue weighted by molar-refractivity contribution is -0.113. The number of hydrogen-bond acceptors (Lipinski definition) is 5. The zero-order valence-electron chi connectivity index (χ0n) is 16.4. The zero-order valence-corrected chi connectivity index (χ0v) is 17.2. The van der Waals surface area contributed by atoms with Crippen molar-refractivity contribution < 1.29 is 4.79 Å². The summed E-state index contributed by atoms with van der Waals surface area (Å²) in [7, 11) is 0. The van der Waals surface area contributed by atoms with Gasteiger partial charge in [0.25, 0.3) is 0 Å². The molecule has 0 unspecified atom stereocenters. The van der Waals surface area contributed by atoms with Crippen molar-refractivity contribution in [3.05, 3.63) is 29.6 Å². The summed E-state index contributed by atoms with van der Waals surface area (Å²) in [6, 6.07) is 6.88. The molecule has 1 N–H and O–H groups in total. The van der Waals surface area contributed by atoms with E-state index >= 15 is 0 Å². The fraction of sp³-hybridized carbons (Fsp3) is 0.571. The largest absolute Gasteiger partial charge is 0.372 e. The molecule has 7 heteroatoms. The van der Waals surface area contributed by atoms with Gasteiger partial charge in [-0.1, -0.05) is 11.8 Å². The van der Waals surface area contributed by atoms with Gasteiger partial charge in [0, 0.05) is 36.4 Å². The van der Waals surface area contributed by atoms with E-state index in [1.54, 1.807) is 0 Å². The first-order chi connectivity index (χ1) is 13.7. The smallest absolute Gasteiger partial charge is 0.234 e. The summed E-state index contributed by atoms with van der Waals surface area (Å²) in [6.07, 6.45) is 7.40. The summed E-state index contributed by atoms with van der Waals surface area (Å²) in [4.78, 5) is 14.9. The van der Waals surface area contributed by atoms with Gasteiger partial charge in [0.05, 0.1) is 5.75 Å². The average molecular weight is 398 g/mol. The minimum absolute atomic E-state index is 0.0142. The molecule has 2 saturated carbocycles. The fourth-order valence-corrected chi connectivity index (χ4v) is 4.77. The number of benzene rings is 1. The SMILES string of the molecule is Cc1cc(N2CCCC2)ccc1NC(=O)CSc1nnc(C2CC2)n1C1CC1. The summed E-state index contributed by atoms with van der Waals surface area (Å²) in [5.74, 6) is 2.11. The third-order valence-electron chi connectivity index (χ3n) is 5.83. The molecule has 0 radical (unpaired) electrons. The minimum Gasteiger partial charge on any atom is -0.372 e. The number of thioether (sulfide) groups is 1. The topological polar surface area (TPSA) is 63.1 Å². The van der Waals surface area contributed by atoms with E-state index in [9.17, 15) is 4.79 Å². The van der Waals surface area contributed by atoms with Gasteiger partial charge in [0.2, 0.25) is 5.91 Å². The van der Waals surface area contributed by atoms with Crippen molar-refractivity contribution in [1.82, 2.24) is 14.8 Å². The number of carbonyl (C=O) groups excluding carboxylic acids is 1. The molecule has 2 aliphatic carbocycles. The number of hydrogen-bond donors (Lipinski definition) is 1. The van der Waals surface area contributed by atoms with E-state index in [4.69, 9.17) is 0 Å². The van der Waals surface area contributed by atoms with E-state index in [1.807, 2.05) is 6.07 Å². The van der Waals surface area contributed by atoms with Crippen molar-refractivity contribution in [1.29, 1.82) is 0 Å². The summed E-state index contributed by atoms with van der Waals surface area (Å²) >= 11 is 1.51. The molecular formula is C21H27N5OS. The van der Waals surface area contributed by atoms with Gasteiger partial charge >= 0.3 is 0 Å².